The highest BCUT2D eigenvalue weighted by molar-refractivity contribution is 5.87. The first-order chi connectivity index (χ1) is 16.8. The molecule has 0 atom stereocenters. The molecule has 3 aromatic rings. The van der Waals surface area contributed by atoms with E-state index in [-0.39, 0.29) is 37.9 Å². The lowest BCUT2D eigenvalue weighted by Gasteiger charge is -2.43. The van der Waals surface area contributed by atoms with Gasteiger partial charge in [-0.25, -0.2) is 9.59 Å². The fourth-order valence-corrected chi connectivity index (χ4v) is 4.69. The van der Waals surface area contributed by atoms with Gasteiger partial charge in [0.05, 0.1) is 19.5 Å². The van der Waals surface area contributed by atoms with Gasteiger partial charge in [-0.05, 0) is 39.9 Å². The van der Waals surface area contributed by atoms with Crippen molar-refractivity contribution < 1.29 is 29.3 Å². The predicted molar refractivity (Wildman–Crippen MR) is 128 cm³/mol. The molecule has 5 rings (SSSR count). The molecular weight excluding hydrogens is 448 g/mol. The largest absolute Gasteiger partial charge is 0.479 e. The SMILES string of the molecule is O=C(Nc1cccc(CC(=O)N2CC(O)(C(=O)O)C2)c1)OCC1c2ccccc2-c2ccccc21. The van der Waals surface area contributed by atoms with Crippen LogP contribution in [0.15, 0.2) is 72.8 Å². The third kappa shape index (κ3) is 4.36. The van der Waals surface area contributed by atoms with Gasteiger partial charge in [0, 0.05) is 11.6 Å². The summed E-state index contributed by atoms with van der Waals surface area (Å²) in [5.41, 5.74) is 3.82. The lowest BCUT2D eigenvalue weighted by atomic mass is 9.93. The molecule has 178 valence electrons. The number of amides is 2. The molecule has 0 radical (unpaired) electrons. The number of hydrogen-bond donors (Lipinski definition) is 3. The molecule has 2 aliphatic rings. The van der Waals surface area contributed by atoms with Gasteiger partial charge in [0.15, 0.2) is 5.60 Å². The van der Waals surface area contributed by atoms with Crippen LogP contribution in [0, 0.1) is 0 Å². The zero-order chi connectivity index (χ0) is 24.6. The van der Waals surface area contributed by atoms with E-state index < -0.39 is 17.7 Å². The van der Waals surface area contributed by atoms with Crippen molar-refractivity contribution in [3.8, 4) is 11.1 Å². The lowest BCUT2D eigenvalue weighted by Crippen LogP contribution is -2.67. The van der Waals surface area contributed by atoms with Crippen LogP contribution >= 0.6 is 0 Å². The van der Waals surface area contributed by atoms with Crippen molar-refractivity contribution in [2.45, 2.75) is 17.9 Å². The van der Waals surface area contributed by atoms with Crippen LogP contribution in [-0.2, 0) is 20.7 Å². The molecule has 0 saturated carbocycles. The summed E-state index contributed by atoms with van der Waals surface area (Å²) in [6.07, 6.45) is -0.569. The number of carboxylic acid groups (broad SMARTS) is 1. The highest BCUT2D eigenvalue weighted by atomic mass is 16.5. The second-order valence-electron chi connectivity index (χ2n) is 8.91. The summed E-state index contributed by atoms with van der Waals surface area (Å²) in [5, 5.41) is 21.5. The number of hydrogen-bond acceptors (Lipinski definition) is 5. The maximum atomic E-state index is 12.5. The zero-order valence-electron chi connectivity index (χ0n) is 18.8. The molecule has 1 aliphatic carbocycles. The molecule has 0 unspecified atom stereocenters. The number of likely N-dealkylation sites (tertiary alicyclic amines) is 1. The number of anilines is 1. The number of nitrogens with one attached hydrogen (secondary N) is 1. The monoisotopic (exact) mass is 472 g/mol. The number of nitrogens with zero attached hydrogens (tertiary/aromatic N) is 1. The average Bonchev–Trinajstić information content (AvgIpc) is 3.14. The van der Waals surface area contributed by atoms with Gasteiger partial charge in [0.1, 0.15) is 6.61 Å². The first kappa shape index (κ1) is 22.6. The van der Waals surface area contributed by atoms with Crippen LogP contribution in [0.25, 0.3) is 11.1 Å². The number of aliphatic hydroxyl groups is 1. The third-order valence-electron chi connectivity index (χ3n) is 6.53. The normalized spacial score (nSPS) is 15.5. The van der Waals surface area contributed by atoms with Crippen molar-refractivity contribution in [1.29, 1.82) is 0 Å². The van der Waals surface area contributed by atoms with Gasteiger partial charge in [0.25, 0.3) is 0 Å². The van der Waals surface area contributed by atoms with E-state index >= 15 is 0 Å². The van der Waals surface area contributed by atoms with Crippen molar-refractivity contribution in [3.63, 3.8) is 0 Å². The third-order valence-corrected chi connectivity index (χ3v) is 6.53. The molecule has 1 saturated heterocycles. The second kappa shape index (κ2) is 8.88. The van der Waals surface area contributed by atoms with Crippen LogP contribution in [-0.4, -0.2) is 58.4 Å². The number of benzene rings is 3. The Morgan fingerprint density at radius 1 is 0.943 bits per heavy atom. The van der Waals surface area contributed by atoms with Crippen LogP contribution < -0.4 is 5.32 Å². The van der Waals surface area contributed by atoms with Gasteiger partial charge in [-0.15, -0.1) is 0 Å². The second-order valence-corrected chi connectivity index (χ2v) is 8.91. The summed E-state index contributed by atoms with van der Waals surface area (Å²) in [6.45, 7) is -0.281. The number of fused-ring (bicyclic) bond motifs is 3. The summed E-state index contributed by atoms with van der Waals surface area (Å²) in [5.74, 6) is -1.68. The minimum atomic E-state index is -1.87. The molecule has 0 spiro atoms. The van der Waals surface area contributed by atoms with Crippen molar-refractivity contribution in [3.05, 3.63) is 89.5 Å². The first-order valence-corrected chi connectivity index (χ1v) is 11.3. The fraction of sp³-hybridized carbons (Fsp3) is 0.222. The standard InChI is InChI=1S/C27H24N2O6/c30-24(29-15-27(34,16-29)25(31)32)13-17-6-5-7-18(12-17)28-26(33)35-14-23-21-10-3-1-8-19(21)20-9-2-4-11-22(20)23/h1-12,23,34H,13-16H2,(H,28,33)(H,31,32). The van der Waals surface area contributed by atoms with E-state index in [1.54, 1.807) is 24.3 Å². The number of aliphatic carboxylic acids is 1. The lowest BCUT2D eigenvalue weighted by molar-refractivity contribution is -0.181. The number of carboxylic acids is 1. The number of β-amino-alcohol motifs (C(OH)–C–C–N with tert-alkyl or cyclic N) is 1. The Labute approximate surface area is 201 Å². The van der Waals surface area contributed by atoms with E-state index in [1.807, 2.05) is 24.3 Å². The average molecular weight is 472 g/mol. The maximum absolute atomic E-state index is 12.5. The summed E-state index contributed by atoms with van der Waals surface area (Å²) < 4.78 is 5.57. The molecule has 0 aromatic heterocycles. The van der Waals surface area contributed by atoms with Crippen LogP contribution in [0.3, 0.4) is 0 Å². The Hall–Kier alpha value is -4.17. The summed E-state index contributed by atoms with van der Waals surface area (Å²) in [7, 11) is 0. The number of rotatable bonds is 6. The van der Waals surface area contributed by atoms with E-state index in [0.717, 1.165) is 22.3 Å². The van der Waals surface area contributed by atoms with E-state index in [0.29, 0.717) is 11.3 Å². The molecular formula is C27H24N2O6. The van der Waals surface area contributed by atoms with E-state index in [2.05, 4.69) is 29.6 Å². The van der Waals surface area contributed by atoms with Crippen molar-refractivity contribution >= 4 is 23.7 Å². The first-order valence-electron chi connectivity index (χ1n) is 11.3. The van der Waals surface area contributed by atoms with E-state index in [1.165, 1.54) is 4.90 Å². The zero-order valence-corrected chi connectivity index (χ0v) is 18.8. The predicted octanol–water partition coefficient (Wildman–Crippen LogP) is 3.25. The maximum Gasteiger partial charge on any atom is 0.411 e. The highest BCUT2D eigenvalue weighted by Gasteiger charge is 2.49. The molecule has 2 amide bonds. The van der Waals surface area contributed by atoms with Crippen LogP contribution in [0.4, 0.5) is 10.5 Å². The quantitative estimate of drug-likeness (QED) is 0.507. The molecule has 1 fully saturated rings. The van der Waals surface area contributed by atoms with Crippen LogP contribution in [0.1, 0.15) is 22.6 Å². The van der Waals surface area contributed by atoms with Crippen molar-refractivity contribution in [2.75, 3.05) is 25.0 Å². The van der Waals surface area contributed by atoms with Crippen LogP contribution in [0.5, 0.6) is 0 Å². The molecule has 8 nitrogen and oxygen atoms in total. The van der Waals surface area contributed by atoms with E-state index in [9.17, 15) is 19.5 Å². The highest BCUT2D eigenvalue weighted by Crippen LogP contribution is 2.44. The molecule has 1 heterocycles. The van der Waals surface area contributed by atoms with Gasteiger partial charge in [-0.2, -0.15) is 0 Å². The van der Waals surface area contributed by atoms with Gasteiger partial charge < -0.3 is 19.8 Å². The minimum absolute atomic E-state index is 0.0237. The Kier molecular flexibility index (Phi) is 5.74. The Balaban J connectivity index is 1.18. The van der Waals surface area contributed by atoms with Gasteiger partial charge in [0.2, 0.25) is 5.91 Å². The van der Waals surface area contributed by atoms with E-state index in [4.69, 9.17) is 9.84 Å². The van der Waals surface area contributed by atoms with Crippen molar-refractivity contribution in [1.82, 2.24) is 4.90 Å². The van der Waals surface area contributed by atoms with Gasteiger partial charge in [-0.3, -0.25) is 10.1 Å². The minimum Gasteiger partial charge on any atom is -0.479 e. The van der Waals surface area contributed by atoms with Crippen molar-refractivity contribution in [2.24, 2.45) is 0 Å². The number of carbonyl (C=O) groups excluding carboxylic acids is 2. The Morgan fingerprint density at radius 3 is 2.20 bits per heavy atom. The topological polar surface area (TPSA) is 116 Å². The fourth-order valence-electron chi connectivity index (χ4n) is 4.69. The summed E-state index contributed by atoms with van der Waals surface area (Å²) in [4.78, 5) is 37.2. The molecule has 3 N–H and O–H groups in total. The summed E-state index contributed by atoms with van der Waals surface area (Å²) in [6, 6.07) is 23.0. The Bertz CT molecular complexity index is 1270. The summed E-state index contributed by atoms with van der Waals surface area (Å²) >= 11 is 0. The molecule has 35 heavy (non-hydrogen) atoms. The van der Waals surface area contributed by atoms with Gasteiger partial charge in [-0.1, -0.05) is 60.7 Å². The molecule has 1 aliphatic heterocycles. The molecule has 8 heteroatoms. The smallest absolute Gasteiger partial charge is 0.411 e. The number of carbonyl (C=O) groups is 3. The number of ether oxygens (including phenoxy) is 1. The van der Waals surface area contributed by atoms with Gasteiger partial charge >= 0.3 is 12.1 Å². The molecule has 3 aromatic carbocycles. The van der Waals surface area contributed by atoms with Crippen LogP contribution in [0.2, 0.25) is 0 Å². The molecule has 0 bridgehead atoms. The Morgan fingerprint density at radius 2 is 1.57 bits per heavy atom.